The molecule has 1 amide bonds. The molecular formula is C29H41FN2O5SSi. The average molecular weight is 577 g/mol. The SMILES string of the molecule is C=CCONC(=O)C1C(C)OC(C(C)(C)O[SiH2]C(C)(C)C)CN1Sc1ccc(OCc2ccc(F)cc2)cc1. The fourth-order valence-corrected chi connectivity index (χ4v) is 6.03. The van der Waals surface area contributed by atoms with Crippen molar-refractivity contribution in [1.29, 1.82) is 0 Å². The van der Waals surface area contributed by atoms with E-state index in [9.17, 15) is 9.18 Å². The molecule has 0 saturated carbocycles. The van der Waals surface area contributed by atoms with E-state index in [0.717, 1.165) is 10.5 Å². The first-order chi connectivity index (χ1) is 18.4. The molecule has 1 aliphatic heterocycles. The largest absolute Gasteiger partial charge is 0.489 e. The van der Waals surface area contributed by atoms with Gasteiger partial charge in [0.15, 0.2) is 9.76 Å². The van der Waals surface area contributed by atoms with Crippen LogP contribution in [0.25, 0.3) is 0 Å². The maximum absolute atomic E-state index is 13.1. The van der Waals surface area contributed by atoms with Crippen LogP contribution in [0.2, 0.25) is 5.04 Å². The van der Waals surface area contributed by atoms with Crippen LogP contribution in [0.15, 0.2) is 66.1 Å². The van der Waals surface area contributed by atoms with Gasteiger partial charge in [-0.05, 0) is 79.7 Å². The quantitative estimate of drug-likeness (QED) is 0.122. The van der Waals surface area contributed by atoms with E-state index in [1.54, 1.807) is 18.2 Å². The molecule has 1 saturated heterocycles. The van der Waals surface area contributed by atoms with Crippen molar-refractivity contribution in [3.8, 4) is 5.75 Å². The highest BCUT2D eigenvalue weighted by molar-refractivity contribution is 7.97. The number of halogens is 1. The van der Waals surface area contributed by atoms with Gasteiger partial charge in [-0.1, -0.05) is 39.0 Å². The number of carbonyl (C=O) groups is 1. The van der Waals surface area contributed by atoms with Crippen molar-refractivity contribution in [2.24, 2.45) is 0 Å². The lowest BCUT2D eigenvalue weighted by Gasteiger charge is -2.47. The van der Waals surface area contributed by atoms with E-state index in [-0.39, 0.29) is 29.5 Å². The molecule has 3 rings (SSSR count). The predicted octanol–water partition coefficient (Wildman–Crippen LogP) is 5.20. The minimum absolute atomic E-state index is 0.150. The fraction of sp³-hybridized carbons (Fsp3) is 0.483. The van der Waals surface area contributed by atoms with Crippen LogP contribution in [-0.2, 0) is 25.4 Å². The molecule has 1 fully saturated rings. The lowest BCUT2D eigenvalue weighted by Crippen LogP contribution is -2.62. The number of nitrogens with zero attached hydrogens (tertiary/aromatic N) is 1. The Morgan fingerprint density at radius 3 is 2.46 bits per heavy atom. The third kappa shape index (κ3) is 9.73. The monoisotopic (exact) mass is 576 g/mol. The standard InChI is InChI=1S/C29H41FN2O5SSi/c1-8-17-35-31-27(33)26-20(2)36-25(29(6,7)37-39-28(3,4)5)18-32(26)38-24-15-13-23(14-16-24)34-19-21-9-11-22(30)12-10-21/h8-16,20,25-26H,1,17-19,39H2,2-7H3,(H,31,33). The van der Waals surface area contributed by atoms with Gasteiger partial charge in [-0.25, -0.2) is 14.2 Å². The van der Waals surface area contributed by atoms with Crippen LogP contribution in [0.4, 0.5) is 4.39 Å². The summed E-state index contributed by atoms with van der Waals surface area (Å²) in [7, 11) is -0.811. The molecule has 3 unspecified atom stereocenters. The third-order valence-corrected chi connectivity index (χ3v) is 8.99. The molecule has 0 radical (unpaired) electrons. The van der Waals surface area contributed by atoms with Gasteiger partial charge in [0, 0.05) is 11.4 Å². The smallest absolute Gasteiger partial charge is 0.264 e. The summed E-state index contributed by atoms with van der Waals surface area (Å²) in [6, 6.07) is 13.3. The molecular weight excluding hydrogens is 535 g/mol. The highest BCUT2D eigenvalue weighted by atomic mass is 32.2. The van der Waals surface area contributed by atoms with E-state index in [1.165, 1.54) is 24.1 Å². The summed E-state index contributed by atoms with van der Waals surface area (Å²) in [5, 5.41) is 0.150. The Hall–Kier alpha value is -2.21. The van der Waals surface area contributed by atoms with Crippen molar-refractivity contribution >= 4 is 27.6 Å². The van der Waals surface area contributed by atoms with Gasteiger partial charge < -0.3 is 13.9 Å². The van der Waals surface area contributed by atoms with Crippen molar-refractivity contribution in [3.63, 3.8) is 0 Å². The van der Waals surface area contributed by atoms with Crippen LogP contribution in [0.3, 0.4) is 0 Å². The Morgan fingerprint density at radius 2 is 1.85 bits per heavy atom. The summed E-state index contributed by atoms with van der Waals surface area (Å²) in [6.07, 6.45) is 0.940. The average Bonchev–Trinajstić information content (AvgIpc) is 2.87. The van der Waals surface area contributed by atoms with Gasteiger partial charge in [0.1, 0.15) is 24.2 Å². The van der Waals surface area contributed by atoms with Gasteiger partial charge in [0.05, 0.1) is 24.4 Å². The van der Waals surface area contributed by atoms with Crippen LogP contribution >= 0.6 is 11.9 Å². The number of amides is 1. The summed E-state index contributed by atoms with van der Waals surface area (Å²) in [4.78, 5) is 19.3. The van der Waals surface area contributed by atoms with Gasteiger partial charge in [-0.3, -0.25) is 9.63 Å². The summed E-state index contributed by atoms with van der Waals surface area (Å²) in [6.45, 7) is 17.3. The number of nitrogens with one attached hydrogen (secondary N) is 1. The second kappa shape index (κ2) is 13.9. The van der Waals surface area contributed by atoms with E-state index < -0.39 is 27.5 Å². The van der Waals surface area contributed by atoms with E-state index in [1.807, 2.05) is 35.5 Å². The number of benzene rings is 2. The van der Waals surface area contributed by atoms with Gasteiger partial charge in [0.2, 0.25) is 0 Å². The molecule has 1 heterocycles. The number of morpholine rings is 1. The molecule has 10 heteroatoms. The van der Waals surface area contributed by atoms with Gasteiger partial charge in [-0.2, -0.15) is 0 Å². The number of ether oxygens (including phenoxy) is 2. The Bertz CT molecular complexity index is 1080. The van der Waals surface area contributed by atoms with Crippen LogP contribution in [0, 0.1) is 5.82 Å². The number of hydrogen-bond acceptors (Lipinski definition) is 7. The zero-order chi connectivity index (χ0) is 28.6. The fourth-order valence-electron chi connectivity index (χ4n) is 3.92. The van der Waals surface area contributed by atoms with Crippen molar-refractivity contribution in [1.82, 2.24) is 9.79 Å². The van der Waals surface area contributed by atoms with Crippen LogP contribution in [-0.4, -0.2) is 57.0 Å². The van der Waals surface area contributed by atoms with Crippen LogP contribution in [0.1, 0.15) is 47.1 Å². The topological polar surface area (TPSA) is 69.3 Å². The maximum Gasteiger partial charge on any atom is 0.264 e. The molecule has 39 heavy (non-hydrogen) atoms. The summed E-state index contributed by atoms with van der Waals surface area (Å²) in [5.74, 6) is 0.147. The highest BCUT2D eigenvalue weighted by Gasteiger charge is 2.45. The van der Waals surface area contributed by atoms with Crippen LogP contribution in [0.5, 0.6) is 5.75 Å². The van der Waals surface area contributed by atoms with Crippen molar-refractivity contribution in [3.05, 3.63) is 72.6 Å². The maximum atomic E-state index is 13.1. The molecule has 0 aliphatic carbocycles. The number of rotatable bonds is 12. The zero-order valence-electron chi connectivity index (χ0n) is 23.7. The van der Waals surface area contributed by atoms with E-state index in [2.05, 4.69) is 46.7 Å². The van der Waals surface area contributed by atoms with Gasteiger partial charge >= 0.3 is 0 Å². The van der Waals surface area contributed by atoms with Crippen molar-refractivity contribution in [2.45, 2.75) is 81.9 Å². The summed E-state index contributed by atoms with van der Waals surface area (Å²) < 4.78 is 33.9. The summed E-state index contributed by atoms with van der Waals surface area (Å²) >= 11 is 1.49. The van der Waals surface area contributed by atoms with Crippen molar-refractivity contribution < 1.29 is 27.9 Å². The lowest BCUT2D eigenvalue weighted by molar-refractivity contribution is -0.169. The van der Waals surface area contributed by atoms with Gasteiger partial charge in [0.25, 0.3) is 5.91 Å². The first-order valence-electron chi connectivity index (χ1n) is 13.1. The molecule has 0 spiro atoms. The molecule has 1 aliphatic rings. The normalized spacial score (nSPS) is 20.7. The predicted molar refractivity (Wildman–Crippen MR) is 156 cm³/mol. The number of hydrogen-bond donors (Lipinski definition) is 1. The molecule has 1 N–H and O–H groups in total. The molecule has 3 atom stereocenters. The first kappa shape index (κ1) is 31.3. The molecule has 2 aromatic carbocycles. The molecule has 214 valence electrons. The van der Waals surface area contributed by atoms with E-state index in [0.29, 0.717) is 18.9 Å². The second-order valence-corrected chi connectivity index (χ2v) is 15.2. The molecule has 7 nitrogen and oxygen atoms in total. The van der Waals surface area contributed by atoms with E-state index in [4.69, 9.17) is 18.7 Å². The Labute approximate surface area is 238 Å². The molecule has 0 bridgehead atoms. The Kier molecular flexibility index (Phi) is 11.2. The lowest BCUT2D eigenvalue weighted by atomic mass is 9.98. The first-order valence-corrected chi connectivity index (χ1v) is 15.2. The second-order valence-electron chi connectivity index (χ2n) is 11.4. The van der Waals surface area contributed by atoms with Crippen molar-refractivity contribution in [2.75, 3.05) is 13.2 Å². The summed E-state index contributed by atoms with van der Waals surface area (Å²) in [5.41, 5.74) is 2.91. The minimum Gasteiger partial charge on any atom is -0.489 e. The minimum atomic E-state index is -0.811. The third-order valence-electron chi connectivity index (χ3n) is 6.14. The Morgan fingerprint density at radius 1 is 1.18 bits per heavy atom. The zero-order valence-corrected chi connectivity index (χ0v) is 26.0. The Balaban J connectivity index is 1.72. The highest BCUT2D eigenvalue weighted by Crippen LogP contribution is 2.36. The molecule has 2 aromatic rings. The van der Waals surface area contributed by atoms with E-state index >= 15 is 0 Å². The van der Waals surface area contributed by atoms with Crippen LogP contribution < -0.4 is 10.2 Å². The molecule has 0 aromatic heterocycles. The number of carbonyl (C=O) groups excluding carboxylic acids is 1. The number of hydroxylamine groups is 1. The van der Waals surface area contributed by atoms with Gasteiger partial charge in [-0.15, -0.1) is 6.58 Å².